The second kappa shape index (κ2) is 4.38. The van der Waals surface area contributed by atoms with Crippen molar-refractivity contribution in [1.29, 1.82) is 5.26 Å². The summed E-state index contributed by atoms with van der Waals surface area (Å²) in [6.45, 7) is 3.42. The van der Waals surface area contributed by atoms with Crippen LogP contribution in [0.15, 0.2) is 18.3 Å². The normalized spacial score (nSPS) is 11.5. The number of amides is 1. The van der Waals surface area contributed by atoms with Gasteiger partial charge in [0.2, 0.25) is 5.91 Å². The lowest BCUT2D eigenvalue weighted by molar-refractivity contribution is -0.117. The van der Waals surface area contributed by atoms with E-state index in [9.17, 15) is 4.79 Å². The average molecular weight is 189 g/mol. The highest BCUT2D eigenvalue weighted by atomic mass is 16.1. The van der Waals surface area contributed by atoms with Crippen LogP contribution in [0.4, 0.5) is 5.69 Å². The van der Waals surface area contributed by atoms with Crippen molar-refractivity contribution < 1.29 is 4.79 Å². The van der Waals surface area contributed by atoms with Crippen molar-refractivity contribution in [3.05, 3.63) is 24.0 Å². The lowest BCUT2D eigenvalue weighted by Crippen LogP contribution is -2.18. The van der Waals surface area contributed by atoms with Crippen molar-refractivity contribution in [3.63, 3.8) is 0 Å². The second-order valence-corrected chi connectivity index (χ2v) is 3.03. The maximum absolute atomic E-state index is 11.3. The maximum atomic E-state index is 11.3. The minimum atomic E-state index is -0.642. The van der Waals surface area contributed by atoms with Gasteiger partial charge in [-0.25, -0.2) is 0 Å². The van der Waals surface area contributed by atoms with Crippen molar-refractivity contribution in [1.82, 2.24) is 4.98 Å². The predicted octanol–water partition coefficient (Wildman–Crippen LogP) is 1.49. The highest BCUT2D eigenvalue weighted by Gasteiger charge is 2.11. The number of carbonyl (C=O) groups excluding carboxylic acids is 1. The van der Waals surface area contributed by atoms with E-state index in [4.69, 9.17) is 5.26 Å². The first-order valence-corrected chi connectivity index (χ1v) is 4.26. The molecule has 1 amide bonds. The third kappa shape index (κ3) is 2.56. The Morgan fingerprint density at radius 1 is 1.64 bits per heavy atom. The molecule has 1 aromatic rings. The second-order valence-electron chi connectivity index (χ2n) is 3.03. The fraction of sp³-hybridized carbons (Fsp3) is 0.300. The van der Waals surface area contributed by atoms with Gasteiger partial charge in [0.15, 0.2) is 0 Å². The summed E-state index contributed by atoms with van der Waals surface area (Å²) in [6, 6.07) is 5.42. The number of carbonyl (C=O) groups is 1. The SMILES string of the molecule is Cc1ccc(NC(=O)C(C)C#N)cn1. The molecule has 4 nitrogen and oxygen atoms in total. The molecule has 0 saturated heterocycles. The Kier molecular flexibility index (Phi) is 3.19. The third-order valence-corrected chi connectivity index (χ3v) is 1.77. The first-order chi connectivity index (χ1) is 6.63. The van der Waals surface area contributed by atoms with Gasteiger partial charge >= 0.3 is 0 Å². The van der Waals surface area contributed by atoms with Gasteiger partial charge in [0, 0.05) is 5.69 Å². The van der Waals surface area contributed by atoms with Gasteiger partial charge in [-0.1, -0.05) is 0 Å². The number of aryl methyl sites for hydroxylation is 1. The Labute approximate surface area is 82.6 Å². The molecule has 0 aliphatic carbocycles. The fourth-order valence-corrected chi connectivity index (χ4v) is 0.851. The summed E-state index contributed by atoms with van der Waals surface area (Å²) < 4.78 is 0. The van der Waals surface area contributed by atoms with Crippen LogP contribution >= 0.6 is 0 Å². The van der Waals surface area contributed by atoms with Crippen LogP contribution in [0.3, 0.4) is 0 Å². The van der Waals surface area contributed by atoms with Crippen molar-refractivity contribution in [2.24, 2.45) is 5.92 Å². The number of nitriles is 1. The monoisotopic (exact) mass is 189 g/mol. The zero-order valence-electron chi connectivity index (χ0n) is 8.11. The van der Waals surface area contributed by atoms with E-state index in [1.807, 2.05) is 13.0 Å². The Hall–Kier alpha value is -1.89. The largest absolute Gasteiger partial charge is 0.324 e. The van der Waals surface area contributed by atoms with Gasteiger partial charge < -0.3 is 5.32 Å². The number of nitrogens with zero attached hydrogens (tertiary/aromatic N) is 2. The molecular weight excluding hydrogens is 178 g/mol. The number of aromatic nitrogens is 1. The molecule has 14 heavy (non-hydrogen) atoms. The quantitative estimate of drug-likeness (QED) is 0.766. The van der Waals surface area contributed by atoms with Gasteiger partial charge in [-0.15, -0.1) is 0 Å². The lowest BCUT2D eigenvalue weighted by atomic mass is 10.2. The van der Waals surface area contributed by atoms with Crippen molar-refractivity contribution >= 4 is 11.6 Å². The van der Waals surface area contributed by atoms with Crippen LogP contribution in [0.1, 0.15) is 12.6 Å². The average Bonchev–Trinajstić information content (AvgIpc) is 2.20. The Bertz CT molecular complexity index is 364. The first-order valence-electron chi connectivity index (χ1n) is 4.26. The minimum absolute atomic E-state index is 0.307. The van der Waals surface area contributed by atoms with Crippen molar-refractivity contribution in [2.75, 3.05) is 5.32 Å². The number of hydrogen-bond donors (Lipinski definition) is 1. The summed E-state index contributed by atoms with van der Waals surface area (Å²) in [4.78, 5) is 15.3. The molecule has 4 heteroatoms. The fourth-order valence-electron chi connectivity index (χ4n) is 0.851. The van der Waals surface area contributed by atoms with E-state index in [-0.39, 0.29) is 5.91 Å². The smallest absolute Gasteiger partial charge is 0.241 e. The molecule has 72 valence electrons. The number of anilines is 1. The number of hydrogen-bond acceptors (Lipinski definition) is 3. The van der Waals surface area contributed by atoms with Gasteiger partial charge in [-0.05, 0) is 26.0 Å². The van der Waals surface area contributed by atoms with E-state index in [0.717, 1.165) is 5.69 Å². The molecule has 0 radical (unpaired) electrons. The molecule has 0 spiro atoms. The summed E-state index contributed by atoms with van der Waals surface area (Å²) in [5.41, 5.74) is 1.50. The van der Waals surface area contributed by atoms with E-state index in [1.165, 1.54) is 0 Å². The number of pyridine rings is 1. The summed E-state index contributed by atoms with van der Waals surface area (Å²) in [5.74, 6) is -0.950. The molecule has 1 N–H and O–H groups in total. The zero-order valence-corrected chi connectivity index (χ0v) is 8.11. The maximum Gasteiger partial charge on any atom is 0.241 e. The van der Waals surface area contributed by atoms with Gasteiger partial charge in [0.05, 0.1) is 18.0 Å². The number of rotatable bonds is 2. The summed E-state index contributed by atoms with van der Waals surface area (Å²) in [6.07, 6.45) is 1.57. The summed E-state index contributed by atoms with van der Waals surface area (Å²) in [5, 5.41) is 11.1. The predicted molar refractivity (Wildman–Crippen MR) is 52.4 cm³/mol. The Morgan fingerprint density at radius 3 is 2.86 bits per heavy atom. The van der Waals surface area contributed by atoms with Crippen LogP contribution in [0, 0.1) is 24.2 Å². The molecule has 1 unspecified atom stereocenters. The zero-order chi connectivity index (χ0) is 10.6. The van der Waals surface area contributed by atoms with E-state index in [0.29, 0.717) is 5.69 Å². The lowest BCUT2D eigenvalue weighted by Gasteiger charge is -2.05. The van der Waals surface area contributed by atoms with Crippen LogP contribution in [-0.2, 0) is 4.79 Å². The molecule has 0 saturated carbocycles. The minimum Gasteiger partial charge on any atom is -0.324 e. The summed E-state index contributed by atoms with van der Waals surface area (Å²) >= 11 is 0. The Morgan fingerprint density at radius 2 is 2.36 bits per heavy atom. The van der Waals surface area contributed by atoms with E-state index >= 15 is 0 Å². The van der Waals surface area contributed by atoms with E-state index < -0.39 is 5.92 Å². The molecule has 0 fully saturated rings. The van der Waals surface area contributed by atoms with Crippen molar-refractivity contribution in [2.45, 2.75) is 13.8 Å². The molecule has 0 bridgehead atoms. The number of nitrogens with one attached hydrogen (secondary N) is 1. The van der Waals surface area contributed by atoms with E-state index in [1.54, 1.807) is 25.3 Å². The van der Waals surface area contributed by atoms with Crippen LogP contribution in [0.25, 0.3) is 0 Å². The van der Waals surface area contributed by atoms with Crippen LogP contribution in [0.5, 0.6) is 0 Å². The highest BCUT2D eigenvalue weighted by Crippen LogP contribution is 2.07. The molecule has 1 atom stereocenters. The van der Waals surface area contributed by atoms with Crippen LogP contribution < -0.4 is 5.32 Å². The van der Waals surface area contributed by atoms with E-state index in [2.05, 4.69) is 10.3 Å². The Balaban J connectivity index is 2.66. The van der Waals surface area contributed by atoms with Gasteiger partial charge in [-0.2, -0.15) is 5.26 Å². The van der Waals surface area contributed by atoms with Gasteiger partial charge in [0.1, 0.15) is 5.92 Å². The molecular formula is C10H11N3O. The third-order valence-electron chi connectivity index (χ3n) is 1.77. The highest BCUT2D eigenvalue weighted by molar-refractivity contribution is 5.93. The van der Waals surface area contributed by atoms with Gasteiger partial charge in [-0.3, -0.25) is 9.78 Å². The van der Waals surface area contributed by atoms with Crippen molar-refractivity contribution in [3.8, 4) is 6.07 Å². The molecule has 0 aliphatic heterocycles. The molecule has 0 aromatic carbocycles. The van der Waals surface area contributed by atoms with Gasteiger partial charge in [0.25, 0.3) is 0 Å². The van der Waals surface area contributed by atoms with Crippen LogP contribution in [0.2, 0.25) is 0 Å². The molecule has 0 aliphatic rings. The summed E-state index contributed by atoms with van der Waals surface area (Å²) in [7, 11) is 0. The molecule has 1 aromatic heterocycles. The molecule has 1 heterocycles. The first kappa shape index (κ1) is 10.2. The topological polar surface area (TPSA) is 65.8 Å². The van der Waals surface area contributed by atoms with Crippen LogP contribution in [-0.4, -0.2) is 10.9 Å². The standard InChI is InChI=1S/C10H11N3O/c1-7(5-11)10(14)13-9-4-3-8(2)12-6-9/h3-4,6-7H,1-2H3,(H,13,14). The molecule has 1 rings (SSSR count).